The van der Waals surface area contributed by atoms with Crippen molar-refractivity contribution in [2.45, 2.75) is 25.1 Å². The summed E-state index contributed by atoms with van der Waals surface area (Å²) in [6.45, 7) is 4.30. The largest absolute Gasteiger partial charge is 0.415 e. The van der Waals surface area contributed by atoms with Crippen molar-refractivity contribution < 1.29 is 21.3 Å². The van der Waals surface area contributed by atoms with Gasteiger partial charge in [-0.25, -0.2) is 0 Å². The first-order valence-electron chi connectivity index (χ1n) is 4.60. The van der Waals surface area contributed by atoms with Crippen LogP contribution in [0.4, 0.5) is 0 Å². The quantitative estimate of drug-likeness (QED) is 0.296. The van der Waals surface area contributed by atoms with Crippen molar-refractivity contribution >= 4 is 31.4 Å². The molecule has 0 aliphatic carbocycles. The van der Waals surface area contributed by atoms with Gasteiger partial charge in [0.1, 0.15) is 0 Å². The Hall–Kier alpha value is -0.00312. The predicted molar refractivity (Wildman–Crippen MR) is 64.1 cm³/mol. The fourth-order valence-corrected chi connectivity index (χ4v) is 3.02. The van der Waals surface area contributed by atoms with E-state index in [2.05, 4.69) is 8.37 Å². The Morgan fingerprint density at radius 3 is 2.56 bits per heavy atom. The first-order chi connectivity index (χ1) is 7.43. The lowest BCUT2D eigenvalue weighted by molar-refractivity contribution is 0.278. The zero-order chi connectivity index (χ0) is 12.6. The van der Waals surface area contributed by atoms with Crippen molar-refractivity contribution in [3.05, 3.63) is 4.91 Å². The van der Waals surface area contributed by atoms with Crippen LogP contribution in [0.3, 0.4) is 0 Å². The molecule has 0 aliphatic heterocycles. The van der Waals surface area contributed by atoms with Crippen molar-refractivity contribution in [2.75, 3.05) is 13.2 Å². The molecule has 1 N–H and O–H groups in total. The van der Waals surface area contributed by atoms with E-state index in [0.29, 0.717) is 13.0 Å². The Balaban J connectivity index is 4.09. The van der Waals surface area contributed by atoms with Gasteiger partial charge in [-0.15, -0.1) is 4.91 Å². The van der Waals surface area contributed by atoms with Crippen LogP contribution >= 0.6 is 12.3 Å². The third kappa shape index (κ3) is 7.30. The number of hydrogen-bond acceptors (Lipinski definition) is 7. The van der Waals surface area contributed by atoms with Gasteiger partial charge in [0.15, 0.2) is 12.3 Å². The monoisotopic (exact) mass is 289 g/mol. The zero-order valence-electron chi connectivity index (χ0n) is 9.03. The molecule has 1 atom stereocenters. The highest BCUT2D eigenvalue weighted by Crippen LogP contribution is 2.18. The molecule has 7 nitrogen and oxygen atoms in total. The minimum Gasteiger partial charge on any atom is -0.307 e. The van der Waals surface area contributed by atoms with Crippen molar-refractivity contribution in [1.82, 2.24) is 0 Å². The first kappa shape index (κ1) is 16.0. The minimum absolute atomic E-state index is 0.0451. The van der Waals surface area contributed by atoms with Crippen LogP contribution in [-0.2, 0) is 18.7 Å². The van der Waals surface area contributed by atoms with E-state index in [9.17, 15) is 13.3 Å². The maximum atomic E-state index is 10.7. The number of rotatable bonds is 9. The minimum atomic E-state index is -4.28. The molecule has 0 rings (SSSR count). The molecular weight excluding hydrogens is 274 g/mol. The third-order valence-electron chi connectivity index (χ3n) is 2.09. The van der Waals surface area contributed by atoms with Gasteiger partial charge in [-0.2, -0.15) is 8.42 Å². The third-order valence-corrected chi connectivity index (χ3v) is 5.39. The summed E-state index contributed by atoms with van der Waals surface area (Å²) in [7, 11) is -5.42. The molecule has 96 valence electrons. The van der Waals surface area contributed by atoms with Crippen molar-refractivity contribution in [1.29, 1.82) is 0 Å². The van der Waals surface area contributed by atoms with Gasteiger partial charge < -0.3 is 4.55 Å². The van der Waals surface area contributed by atoms with Gasteiger partial charge in [-0.1, -0.05) is 13.1 Å². The molecule has 0 spiro atoms. The molecule has 0 aliphatic rings. The van der Waals surface area contributed by atoms with Crippen LogP contribution in [0, 0.1) is 4.91 Å². The van der Waals surface area contributed by atoms with Crippen molar-refractivity contribution in [3.63, 3.8) is 0 Å². The average molecular weight is 289 g/mol. The number of hydrogen-bond donors (Lipinski definition) is 1. The summed E-state index contributed by atoms with van der Waals surface area (Å²) >= 11 is 0.271. The summed E-state index contributed by atoms with van der Waals surface area (Å²) < 4.78 is 40.7. The SMILES string of the molecule is C[SiH](C)C(CCOSO)COS(=O)(=O)N=O. The van der Waals surface area contributed by atoms with Gasteiger partial charge in [0.2, 0.25) is 0 Å². The second-order valence-corrected chi connectivity index (χ2v) is 8.53. The summed E-state index contributed by atoms with van der Waals surface area (Å²) in [6.07, 6.45) is 0.575. The second-order valence-electron chi connectivity index (χ2n) is 3.48. The summed E-state index contributed by atoms with van der Waals surface area (Å²) in [4.78, 5) is 9.86. The maximum absolute atomic E-state index is 10.7. The molecule has 16 heavy (non-hydrogen) atoms. The van der Waals surface area contributed by atoms with E-state index in [0.717, 1.165) is 0 Å². The average Bonchev–Trinajstić information content (AvgIpc) is 2.22. The lowest BCUT2D eigenvalue weighted by Gasteiger charge is -2.17. The Bertz CT molecular complexity index is 295. The summed E-state index contributed by atoms with van der Waals surface area (Å²) in [5, 5.41) is 0. The van der Waals surface area contributed by atoms with Crippen LogP contribution in [0.2, 0.25) is 18.6 Å². The maximum Gasteiger partial charge on any atom is 0.415 e. The molecule has 0 heterocycles. The standard InChI is InChI=1S/C6H15NO6S2Si/c1-16(2)6(3-4-12-14-9)5-13-15(10,11)7-8/h6,9,16H,3-5H2,1-2H3. The first-order valence-corrected chi connectivity index (χ1v) is 9.64. The lowest BCUT2D eigenvalue weighted by atomic mass is 10.3. The van der Waals surface area contributed by atoms with Crippen LogP contribution in [0.15, 0.2) is 4.58 Å². The highest BCUT2D eigenvalue weighted by atomic mass is 32.2. The fourth-order valence-electron chi connectivity index (χ4n) is 1.04. The van der Waals surface area contributed by atoms with Gasteiger partial charge in [0.05, 0.1) is 17.8 Å². The van der Waals surface area contributed by atoms with Gasteiger partial charge in [0.25, 0.3) is 0 Å². The molecule has 0 amide bonds. The summed E-state index contributed by atoms with van der Waals surface area (Å²) in [5.41, 5.74) is 0.0451. The molecule has 10 heteroatoms. The molecule has 0 bridgehead atoms. The van der Waals surface area contributed by atoms with Crippen LogP contribution < -0.4 is 0 Å². The highest BCUT2D eigenvalue weighted by Gasteiger charge is 2.19. The molecule has 1 unspecified atom stereocenters. The van der Waals surface area contributed by atoms with Gasteiger partial charge >= 0.3 is 10.3 Å². The Morgan fingerprint density at radius 2 is 2.12 bits per heavy atom. The second kappa shape index (κ2) is 8.14. The van der Waals surface area contributed by atoms with Crippen LogP contribution in [0.25, 0.3) is 0 Å². The van der Waals surface area contributed by atoms with Crippen LogP contribution in [0.1, 0.15) is 6.42 Å². The molecular formula is C6H15NO6S2Si. The number of nitrogens with zero attached hydrogens (tertiary/aromatic N) is 1. The smallest absolute Gasteiger partial charge is 0.307 e. The Kier molecular flexibility index (Phi) is 8.14. The van der Waals surface area contributed by atoms with E-state index in [1.165, 1.54) is 0 Å². The molecule has 0 saturated heterocycles. The summed E-state index contributed by atoms with van der Waals surface area (Å²) in [5.74, 6) is 0. The van der Waals surface area contributed by atoms with Gasteiger partial charge in [-0.3, -0.25) is 8.37 Å². The van der Waals surface area contributed by atoms with Crippen molar-refractivity contribution in [2.24, 2.45) is 4.58 Å². The molecule has 0 aromatic rings. The van der Waals surface area contributed by atoms with Crippen molar-refractivity contribution in [3.8, 4) is 0 Å². The van der Waals surface area contributed by atoms with E-state index in [4.69, 9.17) is 4.55 Å². The molecule has 0 aromatic carbocycles. The van der Waals surface area contributed by atoms with E-state index in [1.54, 1.807) is 0 Å². The Labute approximate surface area is 101 Å². The van der Waals surface area contributed by atoms with E-state index < -0.39 is 19.1 Å². The molecule has 0 aromatic heterocycles. The summed E-state index contributed by atoms with van der Waals surface area (Å²) in [6, 6.07) is 0. The molecule has 0 radical (unpaired) electrons. The van der Waals surface area contributed by atoms with Gasteiger partial charge in [-0.05, 0) is 12.0 Å². The highest BCUT2D eigenvalue weighted by molar-refractivity contribution is 7.88. The Morgan fingerprint density at radius 1 is 1.50 bits per heavy atom. The van der Waals surface area contributed by atoms with E-state index in [-0.39, 0.29) is 24.5 Å². The zero-order valence-corrected chi connectivity index (χ0v) is 11.8. The van der Waals surface area contributed by atoms with Crippen LogP contribution in [0.5, 0.6) is 0 Å². The normalized spacial score (nSPS) is 14.0. The number of nitroso groups, excluding NO2 is 1. The topological polar surface area (TPSA) is 102 Å². The fraction of sp³-hybridized carbons (Fsp3) is 1.00. The molecule has 0 fully saturated rings. The molecule has 0 saturated carbocycles. The van der Waals surface area contributed by atoms with Crippen LogP contribution in [-0.4, -0.2) is 35.0 Å². The lowest BCUT2D eigenvalue weighted by Crippen LogP contribution is -2.20. The predicted octanol–water partition coefficient (Wildman–Crippen LogP) is 1.40. The van der Waals surface area contributed by atoms with E-state index >= 15 is 0 Å². The van der Waals surface area contributed by atoms with E-state index in [1.807, 2.05) is 17.7 Å². The van der Waals surface area contributed by atoms with Gasteiger partial charge in [0, 0.05) is 8.80 Å².